The first-order chi connectivity index (χ1) is 6.42. The number of rotatable bonds is 2. The minimum absolute atomic E-state index is 0.720. The molecule has 3 nitrogen and oxygen atoms in total. The molecule has 0 aliphatic carbocycles. The van der Waals surface area contributed by atoms with Crippen LogP contribution in [0.2, 0.25) is 0 Å². The molecule has 0 bridgehead atoms. The predicted molar refractivity (Wildman–Crippen MR) is 48.5 cm³/mol. The van der Waals surface area contributed by atoms with Crippen molar-refractivity contribution in [1.29, 1.82) is 0 Å². The largest absolute Gasteiger partial charge is 0.496 e. The first-order valence-electron chi connectivity index (χ1n) is 3.93. The SMILES string of the molecule is COc1ccccc1-c1cnco1. The van der Waals surface area contributed by atoms with Crippen molar-refractivity contribution in [2.24, 2.45) is 0 Å². The first-order valence-corrected chi connectivity index (χ1v) is 3.93. The third-order valence-electron chi connectivity index (χ3n) is 1.80. The normalized spacial score (nSPS) is 9.92. The molecular formula is C10H9NO2. The van der Waals surface area contributed by atoms with Crippen molar-refractivity contribution in [3.63, 3.8) is 0 Å². The van der Waals surface area contributed by atoms with E-state index in [2.05, 4.69) is 4.98 Å². The van der Waals surface area contributed by atoms with Crippen LogP contribution in [0.1, 0.15) is 0 Å². The molecule has 0 saturated carbocycles. The summed E-state index contributed by atoms with van der Waals surface area (Å²) >= 11 is 0. The van der Waals surface area contributed by atoms with Gasteiger partial charge in [0.1, 0.15) is 5.75 Å². The topological polar surface area (TPSA) is 35.3 Å². The lowest BCUT2D eigenvalue weighted by Gasteiger charge is -2.03. The van der Waals surface area contributed by atoms with Crippen molar-refractivity contribution < 1.29 is 9.15 Å². The lowest BCUT2D eigenvalue weighted by atomic mass is 10.1. The molecule has 0 saturated heterocycles. The highest BCUT2D eigenvalue weighted by molar-refractivity contribution is 5.64. The number of para-hydroxylation sites is 1. The Morgan fingerprint density at radius 2 is 2.15 bits per heavy atom. The zero-order valence-electron chi connectivity index (χ0n) is 7.23. The Balaban J connectivity index is 2.51. The number of hydrogen-bond acceptors (Lipinski definition) is 3. The number of hydrogen-bond donors (Lipinski definition) is 0. The Morgan fingerprint density at radius 1 is 1.31 bits per heavy atom. The smallest absolute Gasteiger partial charge is 0.181 e. The molecule has 0 fully saturated rings. The van der Waals surface area contributed by atoms with Crippen LogP contribution in [0.25, 0.3) is 11.3 Å². The van der Waals surface area contributed by atoms with Gasteiger partial charge in [0.15, 0.2) is 12.2 Å². The van der Waals surface area contributed by atoms with Crippen molar-refractivity contribution in [2.45, 2.75) is 0 Å². The molecular weight excluding hydrogens is 166 g/mol. The van der Waals surface area contributed by atoms with E-state index in [-0.39, 0.29) is 0 Å². The molecule has 1 heterocycles. The van der Waals surface area contributed by atoms with Crippen LogP contribution in [0.5, 0.6) is 5.75 Å². The molecule has 3 heteroatoms. The summed E-state index contributed by atoms with van der Waals surface area (Å²) in [7, 11) is 1.63. The van der Waals surface area contributed by atoms with E-state index in [0.29, 0.717) is 0 Å². The quantitative estimate of drug-likeness (QED) is 0.702. The van der Waals surface area contributed by atoms with Crippen LogP contribution in [0.4, 0.5) is 0 Å². The van der Waals surface area contributed by atoms with Gasteiger partial charge >= 0.3 is 0 Å². The number of benzene rings is 1. The third kappa shape index (κ3) is 1.40. The molecule has 0 atom stereocenters. The van der Waals surface area contributed by atoms with Crippen LogP contribution in [-0.4, -0.2) is 12.1 Å². The second-order valence-electron chi connectivity index (χ2n) is 2.57. The summed E-state index contributed by atoms with van der Waals surface area (Å²) in [6, 6.07) is 7.66. The fourth-order valence-electron chi connectivity index (χ4n) is 1.20. The van der Waals surface area contributed by atoms with Crippen LogP contribution in [0.15, 0.2) is 41.3 Å². The minimum Gasteiger partial charge on any atom is -0.496 e. The monoisotopic (exact) mass is 175 g/mol. The summed E-state index contributed by atoms with van der Waals surface area (Å²) in [5, 5.41) is 0. The average molecular weight is 175 g/mol. The van der Waals surface area contributed by atoms with E-state index < -0.39 is 0 Å². The number of nitrogens with zero attached hydrogens (tertiary/aromatic N) is 1. The van der Waals surface area contributed by atoms with E-state index in [1.165, 1.54) is 6.39 Å². The number of aromatic nitrogens is 1. The molecule has 2 aromatic rings. The Morgan fingerprint density at radius 3 is 2.85 bits per heavy atom. The van der Waals surface area contributed by atoms with Gasteiger partial charge in [-0.05, 0) is 12.1 Å². The van der Waals surface area contributed by atoms with Crippen LogP contribution >= 0.6 is 0 Å². The Hall–Kier alpha value is -1.77. The van der Waals surface area contributed by atoms with Crippen molar-refractivity contribution in [3.05, 3.63) is 36.9 Å². The van der Waals surface area contributed by atoms with E-state index >= 15 is 0 Å². The van der Waals surface area contributed by atoms with Gasteiger partial charge in [0.25, 0.3) is 0 Å². The van der Waals surface area contributed by atoms with Crippen molar-refractivity contribution in [1.82, 2.24) is 4.98 Å². The maximum atomic E-state index is 5.18. The zero-order valence-corrected chi connectivity index (χ0v) is 7.23. The van der Waals surface area contributed by atoms with Gasteiger partial charge in [-0.15, -0.1) is 0 Å². The maximum absolute atomic E-state index is 5.18. The van der Waals surface area contributed by atoms with Gasteiger partial charge in [-0.25, -0.2) is 4.98 Å². The Kier molecular flexibility index (Phi) is 2.00. The summed E-state index contributed by atoms with van der Waals surface area (Å²) in [6.07, 6.45) is 3.07. The van der Waals surface area contributed by atoms with Crippen LogP contribution in [0.3, 0.4) is 0 Å². The van der Waals surface area contributed by atoms with E-state index in [9.17, 15) is 0 Å². The second-order valence-corrected chi connectivity index (χ2v) is 2.57. The summed E-state index contributed by atoms with van der Waals surface area (Å²) < 4.78 is 10.4. The molecule has 0 unspecified atom stereocenters. The number of oxazole rings is 1. The summed E-state index contributed by atoms with van der Waals surface area (Å²) in [4.78, 5) is 3.85. The number of ether oxygens (including phenoxy) is 1. The molecule has 1 aromatic carbocycles. The molecule has 0 N–H and O–H groups in total. The Labute approximate surface area is 76.0 Å². The van der Waals surface area contributed by atoms with Crippen LogP contribution in [0, 0.1) is 0 Å². The highest BCUT2D eigenvalue weighted by Gasteiger charge is 2.06. The Bertz CT molecular complexity index is 382. The van der Waals surface area contributed by atoms with Crippen LogP contribution < -0.4 is 4.74 Å². The molecule has 66 valence electrons. The van der Waals surface area contributed by atoms with Gasteiger partial charge in [-0.1, -0.05) is 12.1 Å². The molecule has 0 aliphatic heterocycles. The summed E-state index contributed by atoms with van der Waals surface area (Å²) in [5.41, 5.74) is 0.919. The van der Waals surface area contributed by atoms with Gasteiger partial charge in [0.2, 0.25) is 0 Å². The van der Waals surface area contributed by atoms with Gasteiger partial charge in [0, 0.05) is 0 Å². The minimum atomic E-state index is 0.720. The third-order valence-corrected chi connectivity index (χ3v) is 1.80. The van der Waals surface area contributed by atoms with Gasteiger partial charge in [-0.3, -0.25) is 0 Å². The highest BCUT2D eigenvalue weighted by Crippen LogP contribution is 2.28. The zero-order chi connectivity index (χ0) is 9.10. The van der Waals surface area contributed by atoms with E-state index in [4.69, 9.17) is 9.15 Å². The molecule has 0 radical (unpaired) electrons. The molecule has 2 rings (SSSR count). The van der Waals surface area contributed by atoms with E-state index in [0.717, 1.165) is 17.1 Å². The van der Waals surface area contributed by atoms with Gasteiger partial charge in [-0.2, -0.15) is 0 Å². The van der Waals surface area contributed by atoms with Crippen molar-refractivity contribution in [3.8, 4) is 17.1 Å². The van der Waals surface area contributed by atoms with Crippen molar-refractivity contribution >= 4 is 0 Å². The summed E-state index contributed by atoms with van der Waals surface area (Å²) in [6.45, 7) is 0. The van der Waals surface area contributed by atoms with Gasteiger partial charge in [0.05, 0.1) is 18.9 Å². The fourth-order valence-corrected chi connectivity index (χ4v) is 1.20. The van der Waals surface area contributed by atoms with E-state index in [1.54, 1.807) is 13.3 Å². The van der Waals surface area contributed by atoms with Gasteiger partial charge < -0.3 is 9.15 Å². The second kappa shape index (κ2) is 3.31. The lowest BCUT2D eigenvalue weighted by molar-refractivity contribution is 0.414. The molecule has 13 heavy (non-hydrogen) atoms. The van der Waals surface area contributed by atoms with Crippen molar-refractivity contribution in [2.75, 3.05) is 7.11 Å². The molecule has 0 spiro atoms. The molecule has 0 aliphatic rings. The predicted octanol–water partition coefficient (Wildman–Crippen LogP) is 2.35. The average Bonchev–Trinajstić information content (AvgIpc) is 2.70. The fraction of sp³-hybridized carbons (Fsp3) is 0.100. The standard InChI is InChI=1S/C10H9NO2/c1-12-9-5-3-2-4-8(9)10-6-11-7-13-10/h2-7H,1H3. The first kappa shape index (κ1) is 7.86. The molecule has 1 aromatic heterocycles. The number of methoxy groups -OCH3 is 1. The van der Waals surface area contributed by atoms with Crippen LogP contribution in [-0.2, 0) is 0 Å². The maximum Gasteiger partial charge on any atom is 0.181 e. The van der Waals surface area contributed by atoms with E-state index in [1.807, 2.05) is 24.3 Å². The highest BCUT2D eigenvalue weighted by atomic mass is 16.5. The lowest BCUT2D eigenvalue weighted by Crippen LogP contribution is -1.85. The summed E-state index contributed by atoms with van der Waals surface area (Å²) in [5.74, 6) is 1.51. The molecule has 0 amide bonds.